The number of hydrogen-bond donors (Lipinski definition) is 2. The average Bonchev–Trinajstić information content (AvgIpc) is 2.57. The Hall–Kier alpha value is -1.72. The van der Waals surface area contributed by atoms with E-state index in [1.54, 1.807) is 11.8 Å². The maximum Gasteiger partial charge on any atom is 0.216 e. The van der Waals surface area contributed by atoms with Gasteiger partial charge < -0.3 is 15.8 Å². The van der Waals surface area contributed by atoms with E-state index in [1.807, 2.05) is 14.0 Å². The van der Waals surface area contributed by atoms with E-state index in [9.17, 15) is 0 Å². The van der Waals surface area contributed by atoms with Gasteiger partial charge in [-0.3, -0.25) is 0 Å². The summed E-state index contributed by atoms with van der Waals surface area (Å²) in [5.41, 5.74) is 7.67. The third-order valence-corrected chi connectivity index (χ3v) is 2.58. The maximum atomic E-state index is 5.79. The number of rotatable bonds is 5. The summed E-state index contributed by atoms with van der Waals surface area (Å²) in [5.74, 6) is 1.72. The molecule has 6 nitrogen and oxygen atoms in total. The lowest BCUT2D eigenvalue weighted by Gasteiger charge is -2.08. The van der Waals surface area contributed by atoms with Gasteiger partial charge in [-0.25, -0.2) is 9.67 Å². The van der Waals surface area contributed by atoms with E-state index in [-0.39, 0.29) is 0 Å². The normalized spacial score (nSPS) is 12.0. The minimum absolute atomic E-state index is 0.453. The fourth-order valence-electron chi connectivity index (χ4n) is 1.65. The number of nitrogens with one attached hydrogen (secondary N) is 1. The fourth-order valence-corrected chi connectivity index (χ4v) is 1.65. The molecular weight excluding hydrogens is 230 g/mol. The molecule has 1 aromatic heterocycles. The fraction of sp³-hybridized carbons (Fsp3) is 0.667. The van der Waals surface area contributed by atoms with E-state index in [1.165, 1.54) is 0 Å². The molecule has 0 atom stereocenters. The molecule has 0 aromatic carbocycles. The Kier molecular flexibility index (Phi) is 5.00. The van der Waals surface area contributed by atoms with Crippen LogP contribution in [0.3, 0.4) is 0 Å². The second kappa shape index (κ2) is 6.28. The molecule has 6 heteroatoms. The van der Waals surface area contributed by atoms with Crippen molar-refractivity contribution in [2.75, 3.05) is 13.7 Å². The summed E-state index contributed by atoms with van der Waals surface area (Å²) in [6.07, 6.45) is 0. The van der Waals surface area contributed by atoms with Crippen LogP contribution in [0.4, 0.5) is 0 Å². The standard InChI is InChI=1S/C12H23N5O/c1-8(2)6-14-12(13)15-7-10-9(3)16-17(4)11(10)18-5/h8H,6-7H2,1-5H3,(H3,13,14,15). The first kappa shape index (κ1) is 14.3. The lowest BCUT2D eigenvalue weighted by molar-refractivity contribution is 0.369. The highest BCUT2D eigenvalue weighted by atomic mass is 16.5. The Morgan fingerprint density at radius 1 is 1.56 bits per heavy atom. The topological polar surface area (TPSA) is 77.5 Å². The van der Waals surface area contributed by atoms with Crippen LogP contribution in [-0.2, 0) is 13.6 Å². The van der Waals surface area contributed by atoms with Gasteiger partial charge in [0.25, 0.3) is 0 Å². The Balaban J connectivity index is 2.70. The molecule has 0 aliphatic carbocycles. The summed E-state index contributed by atoms with van der Waals surface area (Å²) in [4.78, 5) is 4.30. The molecule has 0 aliphatic rings. The highest BCUT2D eigenvalue weighted by Gasteiger charge is 2.13. The second-order valence-corrected chi connectivity index (χ2v) is 4.67. The van der Waals surface area contributed by atoms with Crippen molar-refractivity contribution < 1.29 is 4.74 Å². The van der Waals surface area contributed by atoms with E-state index in [4.69, 9.17) is 10.5 Å². The van der Waals surface area contributed by atoms with Gasteiger partial charge in [-0.1, -0.05) is 13.8 Å². The minimum atomic E-state index is 0.453. The Bertz CT molecular complexity index is 422. The third-order valence-electron chi connectivity index (χ3n) is 2.58. The number of ether oxygens (including phenoxy) is 1. The van der Waals surface area contributed by atoms with Crippen molar-refractivity contribution in [3.8, 4) is 5.88 Å². The molecule has 0 fully saturated rings. The van der Waals surface area contributed by atoms with Crippen LogP contribution in [0.5, 0.6) is 5.88 Å². The summed E-state index contributed by atoms with van der Waals surface area (Å²) in [5, 5.41) is 7.37. The molecule has 0 saturated heterocycles. The lowest BCUT2D eigenvalue weighted by Crippen LogP contribution is -2.34. The Morgan fingerprint density at radius 3 is 2.78 bits per heavy atom. The van der Waals surface area contributed by atoms with Crippen LogP contribution >= 0.6 is 0 Å². The van der Waals surface area contributed by atoms with Crippen LogP contribution in [0.2, 0.25) is 0 Å². The van der Waals surface area contributed by atoms with Gasteiger partial charge >= 0.3 is 0 Å². The van der Waals surface area contributed by atoms with Gasteiger partial charge in [0.15, 0.2) is 5.96 Å². The third kappa shape index (κ3) is 3.65. The van der Waals surface area contributed by atoms with Crippen molar-refractivity contribution >= 4 is 5.96 Å². The predicted molar refractivity (Wildman–Crippen MR) is 72.7 cm³/mol. The van der Waals surface area contributed by atoms with Crippen molar-refractivity contribution in [2.24, 2.45) is 23.7 Å². The van der Waals surface area contributed by atoms with Crippen LogP contribution in [0, 0.1) is 12.8 Å². The molecule has 0 unspecified atom stereocenters. The molecule has 1 heterocycles. The summed E-state index contributed by atoms with van der Waals surface area (Å²) in [6.45, 7) is 7.46. The monoisotopic (exact) mass is 253 g/mol. The van der Waals surface area contributed by atoms with Gasteiger partial charge in [0.2, 0.25) is 5.88 Å². The van der Waals surface area contributed by atoms with Gasteiger partial charge in [0.05, 0.1) is 24.9 Å². The van der Waals surface area contributed by atoms with Crippen molar-refractivity contribution in [3.63, 3.8) is 0 Å². The zero-order chi connectivity index (χ0) is 13.7. The Labute approximate surface area is 108 Å². The molecule has 0 aliphatic heterocycles. The minimum Gasteiger partial charge on any atom is -0.481 e. The molecule has 3 N–H and O–H groups in total. The number of aliphatic imine (C=N–C) groups is 1. The smallest absolute Gasteiger partial charge is 0.216 e. The first-order valence-electron chi connectivity index (χ1n) is 6.06. The van der Waals surface area contributed by atoms with Crippen molar-refractivity contribution in [1.82, 2.24) is 15.1 Å². The van der Waals surface area contributed by atoms with Crippen LogP contribution in [0.15, 0.2) is 4.99 Å². The molecule has 102 valence electrons. The molecule has 1 rings (SSSR count). The summed E-state index contributed by atoms with van der Waals surface area (Å²) < 4.78 is 7.00. The van der Waals surface area contributed by atoms with Gasteiger partial charge in [0.1, 0.15) is 0 Å². The average molecular weight is 253 g/mol. The maximum absolute atomic E-state index is 5.79. The van der Waals surface area contributed by atoms with Crippen molar-refractivity contribution in [2.45, 2.75) is 27.3 Å². The van der Waals surface area contributed by atoms with E-state index < -0.39 is 0 Å². The molecule has 0 saturated carbocycles. The van der Waals surface area contributed by atoms with Crippen LogP contribution < -0.4 is 15.8 Å². The predicted octanol–water partition coefficient (Wildman–Crippen LogP) is 0.797. The van der Waals surface area contributed by atoms with Gasteiger partial charge in [0, 0.05) is 13.6 Å². The molecular formula is C12H23N5O. The largest absolute Gasteiger partial charge is 0.481 e. The molecule has 1 aromatic rings. The van der Waals surface area contributed by atoms with E-state index in [0.717, 1.165) is 23.7 Å². The molecule has 0 bridgehead atoms. The highest BCUT2D eigenvalue weighted by Crippen LogP contribution is 2.21. The number of aryl methyl sites for hydroxylation is 2. The zero-order valence-electron chi connectivity index (χ0n) is 11.8. The van der Waals surface area contributed by atoms with Crippen molar-refractivity contribution in [1.29, 1.82) is 0 Å². The van der Waals surface area contributed by atoms with Crippen molar-refractivity contribution in [3.05, 3.63) is 11.3 Å². The van der Waals surface area contributed by atoms with Gasteiger partial charge in [-0.2, -0.15) is 5.10 Å². The molecule has 18 heavy (non-hydrogen) atoms. The summed E-state index contributed by atoms with van der Waals surface area (Å²) in [7, 11) is 3.48. The zero-order valence-corrected chi connectivity index (χ0v) is 11.8. The second-order valence-electron chi connectivity index (χ2n) is 4.67. The molecule has 0 radical (unpaired) electrons. The number of aromatic nitrogens is 2. The first-order valence-corrected chi connectivity index (χ1v) is 6.06. The number of nitrogens with two attached hydrogens (primary N) is 1. The van der Waals surface area contributed by atoms with E-state index >= 15 is 0 Å². The van der Waals surface area contributed by atoms with Gasteiger partial charge in [-0.15, -0.1) is 0 Å². The van der Waals surface area contributed by atoms with Crippen LogP contribution in [0.1, 0.15) is 25.1 Å². The lowest BCUT2D eigenvalue weighted by atomic mass is 10.2. The first-order chi connectivity index (χ1) is 8.45. The van der Waals surface area contributed by atoms with E-state index in [0.29, 0.717) is 18.4 Å². The number of hydrogen-bond acceptors (Lipinski definition) is 3. The number of methoxy groups -OCH3 is 1. The highest BCUT2D eigenvalue weighted by molar-refractivity contribution is 5.77. The molecule has 0 amide bonds. The quantitative estimate of drug-likeness (QED) is 0.601. The summed E-state index contributed by atoms with van der Waals surface area (Å²) >= 11 is 0. The number of nitrogens with zero attached hydrogens (tertiary/aromatic N) is 3. The summed E-state index contributed by atoms with van der Waals surface area (Å²) in [6, 6.07) is 0. The SMILES string of the molecule is COc1c(CN=C(N)NCC(C)C)c(C)nn1C. The molecule has 0 spiro atoms. The number of guanidine groups is 1. The Morgan fingerprint density at radius 2 is 2.22 bits per heavy atom. The van der Waals surface area contributed by atoms with E-state index in [2.05, 4.69) is 29.3 Å². The van der Waals surface area contributed by atoms with Gasteiger partial charge in [-0.05, 0) is 12.8 Å². The van der Waals surface area contributed by atoms with Crippen LogP contribution in [0.25, 0.3) is 0 Å². The van der Waals surface area contributed by atoms with Crippen LogP contribution in [-0.4, -0.2) is 29.4 Å².